The summed E-state index contributed by atoms with van der Waals surface area (Å²) in [4.78, 5) is 4.22. The van der Waals surface area contributed by atoms with E-state index < -0.39 is 6.10 Å². The third-order valence-electron chi connectivity index (χ3n) is 3.46. The highest BCUT2D eigenvalue weighted by atomic mass is 16.5. The molecular weight excluding hydrogens is 218 g/mol. The van der Waals surface area contributed by atoms with Crippen LogP contribution in [0.1, 0.15) is 39.1 Å². The van der Waals surface area contributed by atoms with E-state index in [1.165, 1.54) is 0 Å². The van der Waals surface area contributed by atoms with Crippen molar-refractivity contribution in [3.63, 3.8) is 0 Å². The van der Waals surface area contributed by atoms with E-state index >= 15 is 0 Å². The first-order valence-corrected chi connectivity index (χ1v) is 6.27. The molecule has 96 valence electrons. The van der Waals surface area contributed by atoms with Crippen LogP contribution in [0.5, 0.6) is 0 Å². The van der Waals surface area contributed by atoms with Crippen LogP contribution in [-0.4, -0.2) is 38.7 Å². The molecule has 1 fully saturated rings. The summed E-state index contributed by atoms with van der Waals surface area (Å²) in [5.41, 5.74) is 0. The van der Waals surface area contributed by atoms with Crippen LogP contribution >= 0.6 is 0 Å². The van der Waals surface area contributed by atoms with Crippen molar-refractivity contribution in [1.29, 1.82) is 0 Å². The molecule has 1 N–H and O–H groups in total. The predicted molar refractivity (Wildman–Crippen MR) is 63.6 cm³/mol. The minimum absolute atomic E-state index is 0.139. The Bertz CT molecular complexity index is 364. The molecule has 0 aromatic carbocycles. The number of rotatable bonds is 4. The second-order valence-corrected chi connectivity index (χ2v) is 5.01. The van der Waals surface area contributed by atoms with E-state index in [2.05, 4.69) is 23.9 Å². The highest BCUT2D eigenvalue weighted by Gasteiger charge is 2.31. The molecule has 1 saturated heterocycles. The Morgan fingerprint density at radius 1 is 1.59 bits per heavy atom. The van der Waals surface area contributed by atoms with Gasteiger partial charge in [-0.3, -0.25) is 0 Å². The molecule has 3 atom stereocenters. The first kappa shape index (κ1) is 12.5. The van der Waals surface area contributed by atoms with E-state index in [1.807, 2.05) is 11.6 Å². The number of ether oxygens (including phenoxy) is 1. The molecule has 0 spiro atoms. The molecule has 17 heavy (non-hydrogen) atoms. The average molecular weight is 239 g/mol. The van der Waals surface area contributed by atoms with Crippen molar-refractivity contribution in [2.24, 2.45) is 5.92 Å². The molecular formula is C12H21N3O2. The topological polar surface area (TPSA) is 60.2 Å². The quantitative estimate of drug-likeness (QED) is 0.857. The molecule has 3 unspecified atom stereocenters. The highest BCUT2D eigenvalue weighted by molar-refractivity contribution is 4.92. The number of aromatic nitrogens is 3. The molecule has 1 aliphatic rings. The summed E-state index contributed by atoms with van der Waals surface area (Å²) >= 11 is 0. The van der Waals surface area contributed by atoms with Gasteiger partial charge in [0.15, 0.2) is 0 Å². The van der Waals surface area contributed by atoms with Gasteiger partial charge in [-0.1, -0.05) is 0 Å². The van der Waals surface area contributed by atoms with E-state index in [4.69, 9.17) is 4.74 Å². The van der Waals surface area contributed by atoms with Crippen molar-refractivity contribution >= 4 is 0 Å². The first-order chi connectivity index (χ1) is 8.09. The maximum Gasteiger partial charge on any atom is 0.138 e. The van der Waals surface area contributed by atoms with Crippen LogP contribution in [0, 0.1) is 5.92 Å². The lowest BCUT2D eigenvalue weighted by atomic mass is 9.93. The maximum absolute atomic E-state index is 10.2. The molecule has 0 aliphatic carbocycles. The van der Waals surface area contributed by atoms with Crippen molar-refractivity contribution in [3.8, 4) is 0 Å². The third kappa shape index (κ3) is 2.66. The van der Waals surface area contributed by atoms with Gasteiger partial charge in [0.05, 0.1) is 12.2 Å². The number of hydrogen-bond donors (Lipinski definition) is 1. The SMILES string of the molecule is CC1OCCC1C(O)Cc1ncnn1C(C)C. The van der Waals surface area contributed by atoms with Crippen molar-refractivity contribution in [3.05, 3.63) is 12.2 Å². The van der Waals surface area contributed by atoms with Gasteiger partial charge in [-0.2, -0.15) is 5.10 Å². The highest BCUT2D eigenvalue weighted by Crippen LogP contribution is 2.25. The molecule has 0 saturated carbocycles. The van der Waals surface area contributed by atoms with Crippen LogP contribution in [0.2, 0.25) is 0 Å². The minimum Gasteiger partial charge on any atom is -0.392 e. The Morgan fingerprint density at radius 2 is 2.35 bits per heavy atom. The minimum atomic E-state index is -0.394. The maximum atomic E-state index is 10.2. The van der Waals surface area contributed by atoms with Crippen molar-refractivity contribution in [2.75, 3.05) is 6.61 Å². The molecule has 5 nitrogen and oxygen atoms in total. The summed E-state index contributed by atoms with van der Waals surface area (Å²) in [7, 11) is 0. The van der Waals surface area contributed by atoms with E-state index in [0.29, 0.717) is 6.42 Å². The summed E-state index contributed by atoms with van der Waals surface area (Å²) in [5, 5.41) is 14.4. The van der Waals surface area contributed by atoms with Gasteiger partial charge in [0.2, 0.25) is 0 Å². The van der Waals surface area contributed by atoms with Gasteiger partial charge >= 0.3 is 0 Å². The zero-order valence-corrected chi connectivity index (χ0v) is 10.7. The molecule has 2 heterocycles. The van der Waals surface area contributed by atoms with E-state index in [-0.39, 0.29) is 18.1 Å². The Balaban J connectivity index is 2.02. The lowest BCUT2D eigenvalue weighted by Crippen LogP contribution is -2.29. The molecule has 1 aromatic heterocycles. The standard InChI is InChI=1S/C12H21N3O2/c1-8(2)15-12(13-7-14-15)6-11(16)10-4-5-17-9(10)3/h7-11,16H,4-6H2,1-3H3. The largest absolute Gasteiger partial charge is 0.392 e. The van der Waals surface area contributed by atoms with E-state index in [0.717, 1.165) is 18.9 Å². The predicted octanol–water partition coefficient (Wildman–Crippen LogP) is 1.19. The van der Waals surface area contributed by atoms with Gasteiger partial charge < -0.3 is 9.84 Å². The summed E-state index contributed by atoms with van der Waals surface area (Å²) in [6, 6.07) is 0.275. The van der Waals surface area contributed by atoms with Gasteiger partial charge in [0.1, 0.15) is 12.2 Å². The number of aliphatic hydroxyl groups is 1. The van der Waals surface area contributed by atoms with Crippen molar-refractivity contribution < 1.29 is 9.84 Å². The van der Waals surface area contributed by atoms with E-state index in [1.54, 1.807) is 6.33 Å². The monoisotopic (exact) mass is 239 g/mol. The molecule has 1 aliphatic heterocycles. The van der Waals surface area contributed by atoms with Gasteiger partial charge in [-0.05, 0) is 27.2 Å². The van der Waals surface area contributed by atoms with Crippen molar-refractivity contribution in [2.45, 2.75) is 51.9 Å². The lowest BCUT2D eigenvalue weighted by molar-refractivity contribution is 0.0425. The normalized spacial score (nSPS) is 26.6. The smallest absolute Gasteiger partial charge is 0.138 e. The molecule has 0 radical (unpaired) electrons. The Morgan fingerprint density at radius 3 is 2.94 bits per heavy atom. The fourth-order valence-electron chi connectivity index (χ4n) is 2.44. The van der Waals surface area contributed by atoms with Crippen molar-refractivity contribution in [1.82, 2.24) is 14.8 Å². The van der Waals surface area contributed by atoms with Crippen LogP contribution in [0.15, 0.2) is 6.33 Å². The third-order valence-corrected chi connectivity index (χ3v) is 3.46. The molecule has 0 amide bonds. The van der Waals surface area contributed by atoms with Gasteiger partial charge in [0, 0.05) is 25.0 Å². The van der Waals surface area contributed by atoms with Crippen LogP contribution in [-0.2, 0) is 11.2 Å². The van der Waals surface area contributed by atoms with Crippen LogP contribution < -0.4 is 0 Å². The molecule has 2 rings (SSSR count). The summed E-state index contributed by atoms with van der Waals surface area (Å²) in [6.07, 6.45) is 2.78. The summed E-state index contributed by atoms with van der Waals surface area (Å²) in [5.74, 6) is 1.07. The Labute approximate surface area is 102 Å². The zero-order chi connectivity index (χ0) is 12.4. The number of nitrogens with zero attached hydrogens (tertiary/aromatic N) is 3. The average Bonchev–Trinajstić information content (AvgIpc) is 2.86. The molecule has 5 heteroatoms. The second kappa shape index (κ2) is 5.14. The summed E-state index contributed by atoms with van der Waals surface area (Å²) < 4.78 is 7.35. The first-order valence-electron chi connectivity index (χ1n) is 6.27. The second-order valence-electron chi connectivity index (χ2n) is 5.01. The van der Waals surface area contributed by atoms with E-state index in [9.17, 15) is 5.11 Å². The van der Waals surface area contributed by atoms with Crippen LogP contribution in [0.4, 0.5) is 0 Å². The lowest BCUT2D eigenvalue weighted by Gasteiger charge is -2.21. The Hall–Kier alpha value is -0.940. The molecule has 0 bridgehead atoms. The number of hydrogen-bond acceptors (Lipinski definition) is 4. The zero-order valence-electron chi connectivity index (χ0n) is 10.7. The van der Waals surface area contributed by atoms with Gasteiger partial charge in [-0.25, -0.2) is 9.67 Å². The van der Waals surface area contributed by atoms with Gasteiger partial charge in [-0.15, -0.1) is 0 Å². The van der Waals surface area contributed by atoms with Gasteiger partial charge in [0.25, 0.3) is 0 Å². The fourth-order valence-corrected chi connectivity index (χ4v) is 2.44. The number of aliphatic hydroxyl groups excluding tert-OH is 1. The van der Waals surface area contributed by atoms with Crippen LogP contribution in [0.3, 0.4) is 0 Å². The fraction of sp³-hybridized carbons (Fsp3) is 0.833. The summed E-state index contributed by atoms with van der Waals surface area (Å²) in [6.45, 7) is 6.89. The molecule has 1 aromatic rings. The Kier molecular flexibility index (Phi) is 3.79. The van der Waals surface area contributed by atoms with Crippen LogP contribution in [0.25, 0.3) is 0 Å².